The summed E-state index contributed by atoms with van der Waals surface area (Å²) >= 11 is 7.26. The first-order valence-electron chi connectivity index (χ1n) is 5.56. The fourth-order valence-electron chi connectivity index (χ4n) is 1.39. The van der Waals surface area contributed by atoms with Crippen molar-refractivity contribution in [2.24, 2.45) is 0 Å². The van der Waals surface area contributed by atoms with Crippen LogP contribution < -0.4 is 5.32 Å². The number of aryl methyl sites for hydroxylation is 1. The van der Waals surface area contributed by atoms with Gasteiger partial charge in [0.2, 0.25) is 0 Å². The number of anilines is 1. The summed E-state index contributed by atoms with van der Waals surface area (Å²) in [6, 6.07) is 1.77. The lowest BCUT2D eigenvalue weighted by atomic mass is 10.3. The minimum atomic E-state index is -0.406. The van der Waals surface area contributed by atoms with E-state index < -0.39 is 5.91 Å². The maximum atomic E-state index is 12.1. The smallest absolute Gasteiger partial charge is 0.277 e. The van der Waals surface area contributed by atoms with Crippen LogP contribution in [-0.4, -0.2) is 32.3 Å². The first-order chi connectivity index (χ1) is 9.13. The Morgan fingerprint density at radius 3 is 3.00 bits per heavy atom. The van der Waals surface area contributed by atoms with Gasteiger partial charge in [0.1, 0.15) is 0 Å². The molecule has 2 aromatic rings. The number of aromatic amines is 1. The van der Waals surface area contributed by atoms with Gasteiger partial charge in [0.05, 0.1) is 11.2 Å². The van der Waals surface area contributed by atoms with Gasteiger partial charge in [-0.05, 0) is 12.7 Å². The van der Waals surface area contributed by atoms with Crippen LogP contribution in [0.4, 0.5) is 5.82 Å². The van der Waals surface area contributed by atoms with Crippen molar-refractivity contribution in [1.82, 2.24) is 20.2 Å². The van der Waals surface area contributed by atoms with Crippen LogP contribution in [0.15, 0.2) is 17.4 Å². The number of H-pyrrole nitrogens is 1. The Balaban J connectivity index is 2.19. The fraction of sp³-hybridized carbons (Fsp3) is 0.273. The summed E-state index contributed by atoms with van der Waals surface area (Å²) in [5.41, 5.74) is 1.08. The second kappa shape index (κ2) is 6.03. The summed E-state index contributed by atoms with van der Waals surface area (Å²) in [5.74, 6) is 0.0408. The van der Waals surface area contributed by atoms with Gasteiger partial charge in [0.25, 0.3) is 5.91 Å². The van der Waals surface area contributed by atoms with Crippen molar-refractivity contribution >= 4 is 35.1 Å². The summed E-state index contributed by atoms with van der Waals surface area (Å²) in [6.45, 7) is 1.99. The standard InChI is InChI=1S/C11H12ClN5OS/c1-3-6-4-8(17-16-6)14-10(18)9-7(12)5-13-11(15-9)19-2/h4-5H,3H2,1-2H3,(H2,14,16,17,18). The first kappa shape index (κ1) is 13.8. The van der Waals surface area contributed by atoms with Crippen LogP contribution in [0.2, 0.25) is 5.02 Å². The second-order valence-electron chi connectivity index (χ2n) is 3.64. The van der Waals surface area contributed by atoms with Crippen LogP contribution in [0.5, 0.6) is 0 Å². The molecule has 0 aliphatic heterocycles. The van der Waals surface area contributed by atoms with Gasteiger partial charge in [-0.3, -0.25) is 9.89 Å². The highest BCUT2D eigenvalue weighted by atomic mass is 35.5. The number of nitrogens with zero attached hydrogens (tertiary/aromatic N) is 3. The van der Waals surface area contributed by atoms with Gasteiger partial charge in [-0.1, -0.05) is 30.3 Å². The van der Waals surface area contributed by atoms with E-state index in [4.69, 9.17) is 11.6 Å². The Kier molecular flexibility index (Phi) is 4.39. The third-order valence-electron chi connectivity index (χ3n) is 2.37. The van der Waals surface area contributed by atoms with Gasteiger partial charge in [-0.25, -0.2) is 9.97 Å². The van der Waals surface area contributed by atoms with Gasteiger partial charge in [0, 0.05) is 11.8 Å². The number of hydrogen-bond donors (Lipinski definition) is 2. The van der Waals surface area contributed by atoms with Crippen molar-refractivity contribution in [1.29, 1.82) is 0 Å². The number of thioether (sulfide) groups is 1. The lowest BCUT2D eigenvalue weighted by Crippen LogP contribution is -2.15. The van der Waals surface area contributed by atoms with E-state index in [0.29, 0.717) is 11.0 Å². The topological polar surface area (TPSA) is 83.6 Å². The zero-order valence-corrected chi connectivity index (χ0v) is 12.0. The highest BCUT2D eigenvalue weighted by molar-refractivity contribution is 7.98. The minimum absolute atomic E-state index is 0.141. The van der Waals surface area contributed by atoms with Gasteiger partial charge < -0.3 is 5.32 Å². The maximum absolute atomic E-state index is 12.1. The molecule has 0 radical (unpaired) electrons. The summed E-state index contributed by atoms with van der Waals surface area (Å²) in [5, 5.41) is 10.1. The third kappa shape index (κ3) is 3.24. The highest BCUT2D eigenvalue weighted by Gasteiger charge is 2.15. The molecule has 0 atom stereocenters. The minimum Gasteiger partial charge on any atom is -0.304 e. The predicted octanol–water partition coefficient (Wildman–Crippen LogP) is 2.39. The molecule has 1 amide bonds. The van der Waals surface area contributed by atoms with Gasteiger partial charge >= 0.3 is 0 Å². The van der Waals surface area contributed by atoms with Crippen LogP contribution in [-0.2, 0) is 6.42 Å². The Bertz CT molecular complexity index is 601. The Labute approximate surface area is 119 Å². The summed E-state index contributed by atoms with van der Waals surface area (Å²) in [6.07, 6.45) is 4.05. The van der Waals surface area contributed by atoms with Crippen molar-refractivity contribution in [3.63, 3.8) is 0 Å². The quantitative estimate of drug-likeness (QED) is 0.669. The molecule has 2 N–H and O–H groups in total. The molecule has 0 fully saturated rings. The normalized spacial score (nSPS) is 10.5. The van der Waals surface area contributed by atoms with E-state index in [-0.39, 0.29) is 10.7 Å². The molecule has 8 heteroatoms. The molecule has 0 aromatic carbocycles. The molecule has 0 saturated carbocycles. The molecule has 2 rings (SSSR count). The molecule has 0 aliphatic rings. The Hall–Kier alpha value is -1.60. The number of rotatable bonds is 4. The molecule has 0 saturated heterocycles. The monoisotopic (exact) mass is 297 g/mol. The van der Waals surface area contributed by atoms with E-state index >= 15 is 0 Å². The summed E-state index contributed by atoms with van der Waals surface area (Å²) in [7, 11) is 0. The highest BCUT2D eigenvalue weighted by Crippen LogP contribution is 2.17. The molecule has 19 heavy (non-hydrogen) atoms. The molecule has 0 aliphatic carbocycles. The Morgan fingerprint density at radius 2 is 2.37 bits per heavy atom. The zero-order chi connectivity index (χ0) is 13.8. The van der Waals surface area contributed by atoms with Crippen molar-refractivity contribution in [2.45, 2.75) is 18.5 Å². The van der Waals surface area contributed by atoms with Crippen LogP contribution in [0.25, 0.3) is 0 Å². The SMILES string of the molecule is CCc1cc(NC(=O)c2nc(SC)ncc2Cl)n[nH]1. The molecule has 0 spiro atoms. The molecular formula is C11H12ClN5OS. The van der Waals surface area contributed by atoms with E-state index in [1.807, 2.05) is 13.2 Å². The number of nitrogens with one attached hydrogen (secondary N) is 2. The molecular weight excluding hydrogens is 286 g/mol. The number of aromatic nitrogens is 4. The number of carbonyl (C=O) groups excluding carboxylic acids is 1. The van der Waals surface area contributed by atoms with Crippen LogP contribution in [0.1, 0.15) is 23.1 Å². The number of hydrogen-bond acceptors (Lipinski definition) is 5. The average molecular weight is 298 g/mol. The van der Waals surface area contributed by atoms with Crippen molar-refractivity contribution in [3.05, 3.63) is 28.7 Å². The summed E-state index contributed by atoms with van der Waals surface area (Å²) < 4.78 is 0. The van der Waals surface area contributed by atoms with Crippen molar-refractivity contribution < 1.29 is 4.79 Å². The third-order valence-corrected chi connectivity index (χ3v) is 3.21. The fourth-order valence-corrected chi connectivity index (χ4v) is 1.91. The molecule has 6 nitrogen and oxygen atoms in total. The summed E-state index contributed by atoms with van der Waals surface area (Å²) in [4.78, 5) is 20.1. The maximum Gasteiger partial charge on any atom is 0.277 e. The number of halogens is 1. The lowest BCUT2D eigenvalue weighted by Gasteiger charge is -2.04. The second-order valence-corrected chi connectivity index (χ2v) is 4.82. The molecule has 100 valence electrons. The van der Waals surface area contributed by atoms with E-state index in [2.05, 4.69) is 25.5 Å². The average Bonchev–Trinajstić information content (AvgIpc) is 2.87. The molecule has 2 aromatic heterocycles. The molecule has 0 unspecified atom stereocenters. The molecule has 0 bridgehead atoms. The van der Waals surface area contributed by atoms with Crippen LogP contribution >= 0.6 is 23.4 Å². The number of carbonyl (C=O) groups is 1. The van der Waals surface area contributed by atoms with Gasteiger partial charge in [-0.2, -0.15) is 5.10 Å². The van der Waals surface area contributed by atoms with E-state index in [0.717, 1.165) is 12.1 Å². The van der Waals surface area contributed by atoms with E-state index in [1.165, 1.54) is 18.0 Å². The largest absolute Gasteiger partial charge is 0.304 e. The predicted molar refractivity (Wildman–Crippen MR) is 74.7 cm³/mol. The van der Waals surface area contributed by atoms with E-state index in [1.54, 1.807) is 6.07 Å². The molecule has 2 heterocycles. The van der Waals surface area contributed by atoms with Gasteiger partial charge in [0.15, 0.2) is 16.7 Å². The Morgan fingerprint density at radius 1 is 1.58 bits per heavy atom. The van der Waals surface area contributed by atoms with Crippen LogP contribution in [0.3, 0.4) is 0 Å². The zero-order valence-electron chi connectivity index (χ0n) is 10.4. The van der Waals surface area contributed by atoms with Crippen molar-refractivity contribution in [2.75, 3.05) is 11.6 Å². The lowest BCUT2D eigenvalue weighted by molar-refractivity contribution is 0.102. The van der Waals surface area contributed by atoms with Gasteiger partial charge in [-0.15, -0.1) is 0 Å². The van der Waals surface area contributed by atoms with E-state index in [9.17, 15) is 4.79 Å². The number of amides is 1. The van der Waals surface area contributed by atoms with Crippen molar-refractivity contribution in [3.8, 4) is 0 Å². The van der Waals surface area contributed by atoms with Crippen LogP contribution in [0, 0.1) is 0 Å². The first-order valence-corrected chi connectivity index (χ1v) is 7.16.